The van der Waals surface area contributed by atoms with E-state index >= 15 is 0 Å². The van der Waals surface area contributed by atoms with Crippen molar-refractivity contribution < 1.29 is 4.79 Å². The van der Waals surface area contributed by atoms with Gasteiger partial charge in [-0.2, -0.15) is 5.10 Å². The monoisotopic (exact) mass is 300 g/mol. The molecule has 1 aromatic heterocycles. The standard InChI is InChI=1S/C16H20N4O2/c1-4-20(5-2)13-8-6-12(7-9-13)17-16(22)14-10-11-15(21)19(3)18-14/h6-11H,4-5H2,1-3H3,(H,17,22). The van der Waals surface area contributed by atoms with Gasteiger partial charge < -0.3 is 10.2 Å². The molecule has 0 saturated carbocycles. The molecule has 0 bridgehead atoms. The summed E-state index contributed by atoms with van der Waals surface area (Å²) in [6.45, 7) is 6.07. The molecule has 0 unspecified atom stereocenters. The number of carbonyl (C=O) groups is 1. The van der Waals surface area contributed by atoms with Crippen LogP contribution in [0, 0.1) is 0 Å². The fourth-order valence-corrected chi connectivity index (χ4v) is 2.16. The summed E-state index contributed by atoms with van der Waals surface area (Å²) in [6, 6.07) is 10.4. The molecule has 1 heterocycles. The van der Waals surface area contributed by atoms with E-state index in [0.717, 1.165) is 23.5 Å². The lowest BCUT2D eigenvalue weighted by atomic mass is 10.2. The Hall–Kier alpha value is -2.63. The third kappa shape index (κ3) is 3.52. The molecule has 1 aromatic carbocycles. The van der Waals surface area contributed by atoms with Crippen LogP contribution in [-0.4, -0.2) is 28.8 Å². The van der Waals surface area contributed by atoms with Crippen LogP contribution in [0.5, 0.6) is 0 Å². The van der Waals surface area contributed by atoms with Gasteiger partial charge >= 0.3 is 0 Å². The number of nitrogens with one attached hydrogen (secondary N) is 1. The quantitative estimate of drug-likeness (QED) is 0.915. The van der Waals surface area contributed by atoms with Crippen molar-refractivity contribution in [2.24, 2.45) is 7.05 Å². The summed E-state index contributed by atoms with van der Waals surface area (Å²) in [5, 5.41) is 6.70. The molecule has 0 saturated heterocycles. The molecule has 0 aliphatic heterocycles. The number of rotatable bonds is 5. The number of hydrogen-bond acceptors (Lipinski definition) is 4. The Morgan fingerprint density at radius 2 is 1.77 bits per heavy atom. The van der Waals surface area contributed by atoms with E-state index in [9.17, 15) is 9.59 Å². The number of benzene rings is 1. The van der Waals surface area contributed by atoms with Crippen LogP contribution in [0.25, 0.3) is 0 Å². The van der Waals surface area contributed by atoms with Gasteiger partial charge in [-0.3, -0.25) is 9.59 Å². The van der Waals surface area contributed by atoms with E-state index in [4.69, 9.17) is 0 Å². The summed E-state index contributed by atoms with van der Waals surface area (Å²) in [4.78, 5) is 25.6. The van der Waals surface area contributed by atoms with Gasteiger partial charge in [0.25, 0.3) is 11.5 Å². The average molecular weight is 300 g/mol. The van der Waals surface area contributed by atoms with E-state index in [-0.39, 0.29) is 17.2 Å². The van der Waals surface area contributed by atoms with E-state index in [1.165, 1.54) is 19.2 Å². The van der Waals surface area contributed by atoms with Crippen molar-refractivity contribution in [1.29, 1.82) is 0 Å². The van der Waals surface area contributed by atoms with E-state index < -0.39 is 0 Å². The molecule has 1 amide bonds. The Kier molecular flexibility index (Phi) is 4.93. The summed E-state index contributed by atoms with van der Waals surface area (Å²) >= 11 is 0. The fourth-order valence-electron chi connectivity index (χ4n) is 2.16. The topological polar surface area (TPSA) is 67.2 Å². The maximum atomic E-state index is 12.1. The van der Waals surface area contributed by atoms with Crippen molar-refractivity contribution >= 4 is 17.3 Å². The molecular weight excluding hydrogens is 280 g/mol. The average Bonchev–Trinajstić information content (AvgIpc) is 2.52. The normalized spacial score (nSPS) is 10.3. The number of amides is 1. The molecule has 0 aliphatic rings. The number of aromatic nitrogens is 2. The highest BCUT2D eigenvalue weighted by Crippen LogP contribution is 2.18. The largest absolute Gasteiger partial charge is 0.372 e. The van der Waals surface area contributed by atoms with Gasteiger partial charge in [-0.1, -0.05) is 0 Å². The van der Waals surface area contributed by atoms with Crippen molar-refractivity contribution in [3.8, 4) is 0 Å². The summed E-state index contributed by atoms with van der Waals surface area (Å²) < 4.78 is 1.14. The second-order valence-corrected chi connectivity index (χ2v) is 4.85. The molecule has 2 rings (SSSR count). The highest BCUT2D eigenvalue weighted by atomic mass is 16.2. The zero-order chi connectivity index (χ0) is 16.1. The van der Waals surface area contributed by atoms with Crippen LogP contribution in [0.3, 0.4) is 0 Å². The van der Waals surface area contributed by atoms with Gasteiger partial charge in [0.15, 0.2) is 0 Å². The van der Waals surface area contributed by atoms with Crippen LogP contribution < -0.4 is 15.8 Å². The maximum Gasteiger partial charge on any atom is 0.276 e. The molecule has 22 heavy (non-hydrogen) atoms. The van der Waals surface area contributed by atoms with Crippen LogP contribution in [0.2, 0.25) is 0 Å². The molecule has 2 aromatic rings. The minimum absolute atomic E-state index is 0.204. The molecule has 116 valence electrons. The van der Waals surface area contributed by atoms with E-state index in [0.29, 0.717) is 5.69 Å². The van der Waals surface area contributed by atoms with Gasteiger partial charge in [-0.25, -0.2) is 4.68 Å². The van der Waals surface area contributed by atoms with Gasteiger partial charge in [0.05, 0.1) is 0 Å². The van der Waals surface area contributed by atoms with Gasteiger partial charge in [-0.05, 0) is 44.2 Å². The van der Waals surface area contributed by atoms with Crippen LogP contribution in [0.15, 0.2) is 41.2 Å². The summed E-state index contributed by atoms with van der Waals surface area (Å²) in [5.41, 5.74) is 1.76. The molecule has 0 fully saturated rings. The number of nitrogens with zero attached hydrogens (tertiary/aromatic N) is 3. The van der Waals surface area contributed by atoms with Crippen molar-refractivity contribution in [3.63, 3.8) is 0 Å². The molecule has 0 atom stereocenters. The van der Waals surface area contributed by atoms with E-state index in [2.05, 4.69) is 29.2 Å². The smallest absolute Gasteiger partial charge is 0.276 e. The number of carbonyl (C=O) groups excluding carboxylic acids is 1. The first-order valence-electron chi connectivity index (χ1n) is 7.26. The zero-order valence-corrected chi connectivity index (χ0v) is 13.0. The molecule has 0 aliphatic carbocycles. The van der Waals surface area contributed by atoms with Gasteiger partial charge in [0.2, 0.25) is 0 Å². The Labute approximate surface area is 129 Å². The fraction of sp³-hybridized carbons (Fsp3) is 0.312. The molecule has 6 nitrogen and oxygen atoms in total. The first kappa shape index (κ1) is 15.8. The SMILES string of the molecule is CCN(CC)c1ccc(NC(=O)c2ccc(=O)n(C)n2)cc1. The number of aryl methyl sites for hydroxylation is 1. The Bertz CT molecular complexity index is 703. The first-order valence-corrected chi connectivity index (χ1v) is 7.26. The van der Waals surface area contributed by atoms with Gasteiger partial charge in [-0.15, -0.1) is 0 Å². The van der Waals surface area contributed by atoms with Crippen LogP contribution in [-0.2, 0) is 7.05 Å². The lowest BCUT2D eigenvalue weighted by Crippen LogP contribution is -2.23. The highest BCUT2D eigenvalue weighted by Gasteiger charge is 2.09. The Morgan fingerprint density at radius 3 is 2.32 bits per heavy atom. The lowest BCUT2D eigenvalue weighted by Gasteiger charge is -2.21. The lowest BCUT2D eigenvalue weighted by molar-refractivity contribution is 0.102. The van der Waals surface area contributed by atoms with Crippen LogP contribution >= 0.6 is 0 Å². The van der Waals surface area contributed by atoms with Crippen molar-refractivity contribution in [2.45, 2.75) is 13.8 Å². The van der Waals surface area contributed by atoms with Crippen molar-refractivity contribution in [1.82, 2.24) is 9.78 Å². The van der Waals surface area contributed by atoms with Gasteiger partial charge in [0, 0.05) is 37.6 Å². The van der Waals surface area contributed by atoms with Crippen molar-refractivity contribution in [3.05, 3.63) is 52.4 Å². The first-order chi connectivity index (χ1) is 10.5. The maximum absolute atomic E-state index is 12.1. The molecular formula is C16H20N4O2. The Morgan fingerprint density at radius 1 is 1.14 bits per heavy atom. The molecule has 0 radical (unpaired) electrons. The zero-order valence-electron chi connectivity index (χ0n) is 13.0. The van der Waals surface area contributed by atoms with Crippen molar-refractivity contribution in [2.75, 3.05) is 23.3 Å². The third-order valence-electron chi connectivity index (χ3n) is 3.45. The van der Waals surface area contributed by atoms with Crippen LogP contribution in [0.1, 0.15) is 24.3 Å². The van der Waals surface area contributed by atoms with E-state index in [1.807, 2.05) is 24.3 Å². The summed E-state index contributed by atoms with van der Waals surface area (Å²) in [5.74, 6) is -0.341. The molecule has 1 N–H and O–H groups in total. The number of anilines is 2. The van der Waals surface area contributed by atoms with Crippen LogP contribution in [0.4, 0.5) is 11.4 Å². The summed E-state index contributed by atoms with van der Waals surface area (Å²) in [7, 11) is 1.51. The second kappa shape index (κ2) is 6.89. The predicted molar refractivity (Wildman–Crippen MR) is 87.4 cm³/mol. The summed E-state index contributed by atoms with van der Waals surface area (Å²) in [6.07, 6.45) is 0. The van der Waals surface area contributed by atoms with E-state index in [1.54, 1.807) is 0 Å². The molecule has 0 spiro atoms. The second-order valence-electron chi connectivity index (χ2n) is 4.85. The highest BCUT2D eigenvalue weighted by molar-refractivity contribution is 6.02. The minimum atomic E-state index is -0.341. The third-order valence-corrected chi connectivity index (χ3v) is 3.45. The van der Waals surface area contributed by atoms with Gasteiger partial charge in [0.1, 0.15) is 5.69 Å². The predicted octanol–water partition coefficient (Wildman–Crippen LogP) is 1.88. The molecule has 6 heteroatoms. The Balaban J connectivity index is 2.11. The minimum Gasteiger partial charge on any atom is -0.372 e. The number of hydrogen-bond donors (Lipinski definition) is 1.